The van der Waals surface area contributed by atoms with Crippen LogP contribution in [0.3, 0.4) is 0 Å². The Balaban J connectivity index is 1.24. The molecule has 3 aromatic carbocycles. The summed E-state index contributed by atoms with van der Waals surface area (Å²) in [6, 6.07) is 18.5. The zero-order valence-corrected chi connectivity index (χ0v) is 19.0. The van der Waals surface area contributed by atoms with Gasteiger partial charge < -0.3 is 20.1 Å². The molecule has 8 heteroatoms. The van der Waals surface area contributed by atoms with E-state index in [4.69, 9.17) is 9.47 Å². The monoisotopic (exact) mass is 459 g/mol. The van der Waals surface area contributed by atoms with E-state index in [2.05, 4.69) is 10.6 Å². The molecular formula is C26H25N3O5. The first kappa shape index (κ1) is 21.8. The Bertz CT molecular complexity index is 1310. The highest BCUT2D eigenvalue weighted by Crippen LogP contribution is 2.34. The Morgan fingerprint density at radius 3 is 2.65 bits per heavy atom. The summed E-state index contributed by atoms with van der Waals surface area (Å²) in [6.45, 7) is 3.34. The summed E-state index contributed by atoms with van der Waals surface area (Å²) < 4.78 is 10.7. The van der Waals surface area contributed by atoms with Crippen LogP contribution in [0, 0.1) is 0 Å². The Hall–Kier alpha value is -4.07. The van der Waals surface area contributed by atoms with E-state index in [-0.39, 0.29) is 25.8 Å². The van der Waals surface area contributed by atoms with Crippen molar-refractivity contribution in [2.75, 3.05) is 13.3 Å². The molecule has 2 heterocycles. The number of nitrogens with one attached hydrogen (secondary N) is 2. The largest absolute Gasteiger partial charge is 0.454 e. The third kappa shape index (κ3) is 4.03. The van der Waals surface area contributed by atoms with Crippen LogP contribution in [-0.2, 0) is 16.0 Å². The van der Waals surface area contributed by atoms with E-state index in [1.165, 1.54) is 0 Å². The van der Waals surface area contributed by atoms with Crippen LogP contribution in [0.15, 0.2) is 60.7 Å². The normalized spacial score (nSPS) is 19.9. The van der Waals surface area contributed by atoms with Crippen LogP contribution in [0.4, 0.5) is 4.79 Å². The molecule has 3 aromatic rings. The topological polar surface area (TPSA) is 97.0 Å². The average Bonchev–Trinajstić information content (AvgIpc) is 3.36. The predicted octanol–water partition coefficient (Wildman–Crippen LogP) is 3.30. The Labute approximate surface area is 196 Å². The zero-order chi connectivity index (χ0) is 23.9. The van der Waals surface area contributed by atoms with Crippen LogP contribution in [0.25, 0.3) is 10.8 Å². The molecule has 4 amide bonds. The Morgan fingerprint density at radius 1 is 1.06 bits per heavy atom. The van der Waals surface area contributed by atoms with Gasteiger partial charge in [0.25, 0.3) is 5.91 Å². The first-order valence-corrected chi connectivity index (χ1v) is 11.1. The molecule has 8 nitrogen and oxygen atoms in total. The summed E-state index contributed by atoms with van der Waals surface area (Å²) in [5.41, 5.74) is 0.600. The second-order valence-electron chi connectivity index (χ2n) is 8.91. The van der Waals surface area contributed by atoms with Gasteiger partial charge in [-0.25, -0.2) is 4.79 Å². The van der Waals surface area contributed by atoms with Gasteiger partial charge in [-0.2, -0.15) is 0 Å². The smallest absolute Gasteiger partial charge is 0.325 e. The van der Waals surface area contributed by atoms with Gasteiger partial charge in [0, 0.05) is 6.42 Å². The van der Waals surface area contributed by atoms with Crippen LogP contribution < -0.4 is 20.1 Å². The number of carbonyl (C=O) groups is 3. The Morgan fingerprint density at radius 2 is 1.82 bits per heavy atom. The van der Waals surface area contributed by atoms with Gasteiger partial charge in [-0.3, -0.25) is 14.5 Å². The second-order valence-corrected chi connectivity index (χ2v) is 8.91. The number of benzene rings is 3. The molecule has 2 aliphatic heterocycles. The van der Waals surface area contributed by atoms with Crippen LogP contribution >= 0.6 is 0 Å². The van der Waals surface area contributed by atoms with Crippen molar-refractivity contribution in [3.05, 3.63) is 71.8 Å². The summed E-state index contributed by atoms with van der Waals surface area (Å²) in [5.74, 6) is 0.409. The van der Waals surface area contributed by atoms with E-state index in [9.17, 15) is 14.4 Å². The highest BCUT2D eigenvalue weighted by Gasteiger charge is 2.48. The van der Waals surface area contributed by atoms with Crippen molar-refractivity contribution in [2.45, 2.75) is 31.8 Å². The minimum atomic E-state index is -1.16. The lowest BCUT2D eigenvalue weighted by atomic mass is 9.92. The third-order valence-corrected chi connectivity index (χ3v) is 6.29. The van der Waals surface area contributed by atoms with Crippen LogP contribution in [-0.4, -0.2) is 41.6 Å². The fraction of sp³-hybridized carbons (Fsp3) is 0.269. The van der Waals surface area contributed by atoms with Gasteiger partial charge in [0.2, 0.25) is 12.7 Å². The molecule has 0 aromatic heterocycles. The molecule has 1 fully saturated rings. The maximum absolute atomic E-state index is 13.1. The number of carbonyl (C=O) groups excluding carboxylic acids is 3. The number of fused-ring (bicyclic) bond motifs is 2. The lowest BCUT2D eigenvalue weighted by Crippen LogP contribution is -2.47. The number of ether oxygens (including phenoxy) is 2. The fourth-order valence-corrected chi connectivity index (χ4v) is 4.46. The number of hydrogen-bond acceptors (Lipinski definition) is 5. The van der Waals surface area contributed by atoms with Gasteiger partial charge in [-0.1, -0.05) is 42.5 Å². The van der Waals surface area contributed by atoms with Gasteiger partial charge in [0.1, 0.15) is 12.1 Å². The summed E-state index contributed by atoms with van der Waals surface area (Å²) in [4.78, 5) is 39.4. The lowest BCUT2D eigenvalue weighted by Gasteiger charge is -2.22. The molecule has 0 saturated carbocycles. The number of urea groups is 1. The number of nitrogens with zero attached hydrogens (tertiary/aromatic N) is 1. The van der Waals surface area contributed by atoms with Crippen molar-refractivity contribution < 1.29 is 23.9 Å². The molecule has 2 aliphatic rings. The van der Waals surface area contributed by atoms with Crippen molar-refractivity contribution >= 4 is 28.6 Å². The van der Waals surface area contributed by atoms with Crippen LogP contribution in [0.2, 0.25) is 0 Å². The van der Waals surface area contributed by atoms with Crippen LogP contribution in [0.5, 0.6) is 11.5 Å². The molecular weight excluding hydrogens is 434 g/mol. The highest BCUT2D eigenvalue weighted by atomic mass is 16.7. The summed E-state index contributed by atoms with van der Waals surface area (Å²) in [5, 5.41) is 7.83. The third-order valence-electron chi connectivity index (χ3n) is 6.29. The molecule has 174 valence electrons. The summed E-state index contributed by atoms with van der Waals surface area (Å²) >= 11 is 0. The zero-order valence-electron chi connectivity index (χ0n) is 19.0. The van der Waals surface area contributed by atoms with Crippen molar-refractivity contribution in [3.8, 4) is 11.5 Å². The number of hydrogen-bond donors (Lipinski definition) is 2. The molecule has 2 N–H and O–H groups in total. The molecule has 2 unspecified atom stereocenters. The SMILES string of the molecule is CC(NC(=O)CN1C(=O)NC(C)(Cc2ccc3c(c2)OCO3)C1=O)c1ccc2ccccc2c1. The van der Waals surface area contributed by atoms with Gasteiger partial charge in [0.15, 0.2) is 11.5 Å². The molecule has 0 aliphatic carbocycles. The number of rotatable bonds is 6. The first-order valence-electron chi connectivity index (χ1n) is 11.1. The fourth-order valence-electron chi connectivity index (χ4n) is 4.46. The van der Waals surface area contributed by atoms with E-state index < -0.39 is 23.4 Å². The predicted molar refractivity (Wildman–Crippen MR) is 125 cm³/mol. The maximum Gasteiger partial charge on any atom is 0.325 e. The van der Waals surface area contributed by atoms with E-state index in [1.807, 2.05) is 55.5 Å². The highest BCUT2D eigenvalue weighted by molar-refractivity contribution is 6.09. The van der Waals surface area contributed by atoms with E-state index >= 15 is 0 Å². The van der Waals surface area contributed by atoms with E-state index in [1.54, 1.807) is 19.1 Å². The summed E-state index contributed by atoms with van der Waals surface area (Å²) in [6.07, 6.45) is 0.264. The molecule has 5 rings (SSSR count). The number of amides is 4. The van der Waals surface area contributed by atoms with Gasteiger partial charge >= 0.3 is 6.03 Å². The molecule has 0 spiro atoms. The van der Waals surface area contributed by atoms with Crippen molar-refractivity contribution in [3.63, 3.8) is 0 Å². The standard InChI is InChI=1S/C26H25N3O5/c1-16(19-9-8-18-5-3-4-6-20(18)12-19)27-23(30)14-29-24(31)26(2,28-25(29)32)13-17-7-10-21-22(11-17)34-15-33-21/h3-12,16H,13-15H2,1-2H3,(H,27,30)(H,28,32). The first-order chi connectivity index (χ1) is 16.3. The molecule has 0 bridgehead atoms. The van der Waals surface area contributed by atoms with Crippen molar-refractivity contribution in [2.24, 2.45) is 0 Å². The summed E-state index contributed by atoms with van der Waals surface area (Å²) in [7, 11) is 0. The van der Waals surface area contributed by atoms with Crippen LogP contribution in [0.1, 0.15) is 31.0 Å². The lowest BCUT2D eigenvalue weighted by molar-refractivity contribution is -0.134. The second kappa shape index (κ2) is 8.37. The Kier molecular flexibility index (Phi) is 5.36. The molecule has 34 heavy (non-hydrogen) atoms. The van der Waals surface area contributed by atoms with Crippen molar-refractivity contribution in [1.29, 1.82) is 0 Å². The van der Waals surface area contributed by atoms with Crippen molar-refractivity contribution in [1.82, 2.24) is 15.5 Å². The maximum atomic E-state index is 13.1. The molecule has 2 atom stereocenters. The van der Waals surface area contributed by atoms with Gasteiger partial charge in [-0.15, -0.1) is 0 Å². The van der Waals surface area contributed by atoms with Gasteiger partial charge in [-0.05, 0) is 53.9 Å². The average molecular weight is 460 g/mol. The quantitative estimate of drug-likeness (QED) is 0.552. The minimum absolute atomic E-state index is 0.159. The number of imide groups is 1. The van der Waals surface area contributed by atoms with E-state index in [0.29, 0.717) is 11.5 Å². The molecule has 1 saturated heterocycles. The van der Waals surface area contributed by atoms with E-state index in [0.717, 1.165) is 26.8 Å². The van der Waals surface area contributed by atoms with Gasteiger partial charge in [0.05, 0.1) is 6.04 Å². The molecule has 0 radical (unpaired) electrons. The minimum Gasteiger partial charge on any atom is -0.454 e.